The molecule has 3 aliphatic rings. The molecule has 3 heterocycles. The third-order valence-electron chi connectivity index (χ3n) is 9.27. The van der Waals surface area contributed by atoms with E-state index >= 15 is 0 Å². The maximum Gasteiger partial charge on any atom is 0.409 e. The Morgan fingerprint density at radius 3 is 2.42 bits per heavy atom. The molecule has 2 aliphatic heterocycles. The van der Waals surface area contributed by atoms with E-state index in [1.807, 2.05) is 0 Å². The molecule has 16 heteroatoms. The minimum atomic E-state index is -1.19. The number of nitrogens with one attached hydrogen (secondary N) is 2. The number of carboxylic acid groups (broad SMARTS) is 1. The van der Waals surface area contributed by atoms with E-state index < -0.39 is 48.6 Å². The van der Waals surface area contributed by atoms with E-state index in [0.29, 0.717) is 25.1 Å². The Labute approximate surface area is 290 Å². The van der Waals surface area contributed by atoms with Crippen LogP contribution in [0.4, 0.5) is 4.79 Å². The Hall–Kier alpha value is -5.15. The molecule has 1 aliphatic carbocycles. The maximum atomic E-state index is 13.7. The molecule has 270 valence electrons. The number of amides is 5. The second kappa shape index (κ2) is 16.5. The highest BCUT2D eigenvalue weighted by atomic mass is 16.6. The molecule has 16 nitrogen and oxygen atoms in total. The number of para-hydroxylation sites is 1. The van der Waals surface area contributed by atoms with E-state index in [4.69, 9.17) is 9.47 Å². The topological polar surface area (TPSA) is 193 Å². The Morgan fingerprint density at radius 2 is 1.76 bits per heavy atom. The molecule has 2 saturated heterocycles. The molecule has 0 unspecified atom stereocenters. The van der Waals surface area contributed by atoms with Crippen molar-refractivity contribution in [3.05, 3.63) is 42.1 Å². The summed E-state index contributed by atoms with van der Waals surface area (Å²) in [6.07, 6.45) is 3.20. The Kier molecular flexibility index (Phi) is 11.9. The van der Waals surface area contributed by atoms with Gasteiger partial charge in [0.2, 0.25) is 17.7 Å². The largest absolute Gasteiger partial charge is 0.481 e. The summed E-state index contributed by atoms with van der Waals surface area (Å²) in [4.78, 5) is 81.7. The molecular formula is C34H45N7O9. The molecule has 50 heavy (non-hydrogen) atoms. The summed E-state index contributed by atoms with van der Waals surface area (Å²) < 4.78 is 12.4. The predicted molar refractivity (Wildman–Crippen MR) is 177 cm³/mol. The highest BCUT2D eigenvalue weighted by Gasteiger charge is 2.37. The van der Waals surface area contributed by atoms with E-state index in [9.17, 15) is 33.9 Å². The van der Waals surface area contributed by atoms with Crippen molar-refractivity contribution in [2.75, 3.05) is 39.4 Å². The van der Waals surface area contributed by atoms with Crippen LogP contribution < -0.4 is 15.4 Å². The number of rotatable bonds is 13. The molecule has 0 radical (unpaired) electrons. The fourth-order valence-electron chi connectivity index (χ4n) is 6.36. The number of carbonyl (C=O) groups is 6. The van der Waals surface area contributed by atoms with Gasteiger partial charge in [-0.3, -0.25) is 24.0 Å². The highest BCUT2D eigenvalue weighted by Crippen LogP contribution is 2.24. The molecule has 3 N–H and O–H groups in total. The summed E-state index contributed by atoms with van der Waals surface area (Å²) in [5, 5.41) is 19.5. The first kappa shape index (κ1) is 36.1. The van der Waals surface area contributed by atoms with Gasteiger partial charge in [0.15, 0.2) is 12.3 Å². The smallest absolute Gasteiger partial charge is 0.409 e. The lowest BCUT2D eigenvalue weighted by molar-refractivity contribution is -0.140. The van der Waals surface area contributed by atoms with Crippen LogP contribution in [0.1, 0.15) is 69.3 Å². The van der Waals surface area contributed by atoms with Crippen molar-refractivity contribution in [3.8, 4) is 11.6 Å². The van der Waals surface area contributed by atoms with E-state index in [0.717, 1.165) is 19.3 Å². The van der Waals surface area contributed by atoms with Crippen LogP contribution in [0.3, 0.4) is 0 Å². The maximum absolute atomic E-state index is 13.7. The van der Waals surface area contributed by atoms with Gasteiger partial charge in [-0.1, -0.05) is 18.2 Å². The quantitative estimate of drug-likeness (QED) is 0.277. The van der Waals surface area contributed by atoms with Gasteiger partial charge in [0.05, 0.1) is 12.3 Å². The van der Waals surface area contributed by atoms with Crippen LogP contribution in [0, 0.1) is 0 Å². The predicted octanol–water partition coefficient (Wildman–Crippen LogP) is 1.56. The van der Waals surface area contributed by atoms with Gasteiger partial charge < -0.3 is 39.9 Å². The zero-order valence-electron chi connectivity index (χ0n) is 28.4. The van der Waals surface area contributed by atoms with E-state index in [2.05, 4.69) is 15.7 Å². The standard InChI is InChI=1S/C34H45N7O9/c1-3-49-34(48)38-17-18-39(22(2)20-38)33(47)25(14-15-30(43)44)36-31(45)26-19-29(41(37-26)24-11-5-4-6-12-24)50-21-28(42)40-16-8-13-27(40)32(46)35-23-9-7-10-23/h4-6,11-12,19,22-23,25,27H,3,7-10,13-18,20-21H2,1-2H3,(H,35,46)(H,36,45)(H,43,44)/t22-,25+,27+/m1/s1. The van der Waals surface area contributed by atoms with Crippen LogP contribution in [0.15, 0.2) is 36.4 Å². The van der Waals surface area contributed by atoms with Gasteiger partial charge in [0.25, 0.3) is 11.8 Å². The number of benzene rings is 1. The van der Waals surface area contributed by atoms with Crippen molar-refractivity contribution in [3.63, 3.8) is 0 Å². The van der Waals surface area contributed by atoms with Crippen LogP contribution in [0.5, 0.6) is 5.88 Å². The number of carbonyl (C=O) groups excluding carboxylic acids is 5. The molecule has 3 atom stereocenters. The van der Waals surface area contributed by atoms with Crippen molar-refractivity contribution >= 4 is 35.7 Å². The summed E-state index contributed by atoms with van der Waals surface area (Å²) in [5.41, 5.74) is 0.420. The van der Waals surface area contributed by atoms with Gasteiger partial charge in [0.1, 0.15) is 12.1 Å². The van der Waals surface area contributed by atoms with Crippen molar-refractivity contribution in [1.29, 1.82) is 0 Å². The van der Waals surface area contributed by atoms with Crippen molar-refractivity contribution in [2.45, 2.75) is 83.0 Å². The number of aromatic nitrogens is 2. The van der Waals surface area contributed by atoms with Gasteiger partial charge in [-0.25, -0.2) is 9.48 Å². The minimum Gasteiger partial charge on any atom is -0.481 e. The molecule has 1 aromatic heterocycles. The van der Waals surface area contributed by atoms with Crippen molar-refractivity contribution < 1.29 is 43.3 Å². The van der Waals surface area contributed by atoms with Gasteiger partial charge in [-0.2, -0.15) is 5.10 Å². The first-order valence-electron chi connectivity index (χ1n) is 17.2. The van der Waals surface area contributed by atoms with Gasteiger partial charge in [-0.05, 0) is 64.5 Å². The number of aliphatic carboxylic acids is 1. The zero-order valence-corrected chi connectivity index (χ0v) is 28.4. The molecule has 0 spiro atoms. The number of piperazine rings is 1. The Balaban J connectivity index is 1.29. The monoisotopic (exact) mass is 695 g/mol. The number of likely N-dealkylation sites (tertiary alicyclic amines) is 1. The molecule has 5 amide bonds. The van der Waals surface area contributed by atoms with Gasteiger partial charge >= 0.3 is 12.1 Å². The normalized spacial score (nSPS) is 19.7. The molecule has 2 aromatic rings. The lowest BCUT2D eigenvalue weighted by atomic mass is 9.93. The summed E-state index contributed by atoms with van der Waals surface area (Å²) in [6, 6.07) is 8.14. The molecular weight excluding hydrogens is 650 g/mol. The second-order valence-corrected chi connectivity index (χ2v) is 12.8. The summed E-state index contributed by atoms with van der Waals surface area (Å²) in [7, 11) is 0. The third-order valence-corrected chi connectivity index (χ3v) is 9.27. The van der Waals surface area contributed by atoms with E-state index in [1.54, 1.807) is 44.2 Å². The highest BCUT2D eigenvalue weighted by molar-refractivity contribution is 5.96. The van der Waals surface area contributed by atoms with Crippen LogP contribution in [-0.4, -0.2) is 129 Å². The van der Waals surface area contributed by atoms with Crippen molar-refractivity contribution in [2.24, 2.45) is 0 Å². The summed E-state index contributed by atoms with van der Waals surface area (Å²) in [5.74, 6) is -2.81. The molecule has 1 saturated carbocycles. The number of hydrogen-bond donors (Lipinski definition) is 3. The summed E-state index contributed by atoms with van der Waals surface area (Å²) in [6.45, 7) is 4.32. The average molecular weight is 696 g/mol. The van der Waals surface area contributed by atoms with Crippen LogP contribution in [0.25, 0.3) is 5.69 Å². The molecule has 3 fully saturated rings. The number of hydrogen-bond acceptors (Lipinski definition) is 9. The second-order valence-electron chi connectivity index (χ2n) is 12.8. The molecule has 5 rings (SSSR count). The van der Waals surface area contributed by atoms with E-state index in [-0.39, 0.29) is 68.5 Å². The lowest BCUT2D eigenvalue weighted by Gasteiger charge is -2.40. The van der Waals surface area contributed by atoms with Gasteiger partial charge in [0, 0.05) is 50.7 Å². The fourth-order valence-corrected chi connectivity index (χ4v) is 6.36. The zero-order chi connectivity index (χ0) is 35.8. The minimum absolute atomic E-state index is 0.0847. The van der Waals surface area contributed by atoms with Crippen LogP contribution >= 0.6 is 0 Å². The average Bonchev–Trinajstić information content (AvgIpc) is 3.75. The first-order chi connectivity index (χ1) is 24.0. The lowest BCUT2D eigenvalue weighted by Crippen LogP contribution is -2.59. The van der Waals surface area contributed by atoms with Crippen molar-refractivity contribution in [1.82, 2.24) is 35.1 Å². The fraction of sp³-hybridized carbons (Fsp3) is 0.559. The Morgan fingerprint density at radius 1 is 1.00 bits per heavy atom. The molecule has 1 aromatic carbocycles. The Bertz CT molecular complexity index is 1560. The number of nitrogens with zero attached hydrogens (tertiary/aromatic N) is 5. The van der Waals surface area contributed by atoms with Gasteiger partial charge in [-0.15, -0.1) is 0 Å². The molecule has 0 bridgehead atoms. The van der Waals surface area contributed by atoms with Crippen LogP contribution in [-0.2, 0) is 23.9 Å². The SMILES string of the molecule is CCOC(=O)N1CCN(C(=O)[C@H](CCC(=O)O)NC(=O)c2cc(OCC(=O)N3CCC[C@H]3C(=O)NC3CCC3)n(-c3ccccc3)n2)[C@H](C)C1. The first-order valence-corrected chi connectivity index (χ1v) is 17.2. The summed E-state index contributed by atoms with van der Waals surface area (Å²) >= 11 is 0. The number of carboxylic acids is 1. The van der Waals surface area contributed by atoms with Crippen LogP contribution in [0.2, 0.25) is 0 Å². The van der Waals surface area contributed by atoms with E-state index in [1.165, 1.54) is 25.4 Å². The number of ether oxygens (including phenoxy) is 2. The third kappa shape index (κ3) is 8.71.